The quantitative estimate of drug-likeness (QED) is 0.544. The van der Waals surface area contributed by atoms with Crippen molar-refractivity contribution in [2.24, 2.45) is 0 Å². The maximum Gasteiger partial charge on any atom is 0.150 e. The first-order chi connectivity index (χ1) is 8.79. The Morgan fingerprint density at radius 1 is 1.00 bits per heavy atom. The molecule has 88 valence electrons. The number of aromatic nitrogens is 1. The van der Waals surface area contributed by atoms with E-state index < -0.39 is 0 Å². The van der Waals surface area contributed by atoms with E-state index in [4.69, 9.17) is 0 Å². The molecule has 0 N–H and O–H groups in total. The van der Waals surface area contributed by atoms with Crippen molar-refractivity contribution in [2.75, 3.05) is 0 Å². The summed E-state index contributed by atoms with van der Waals surface area (Å²) >= 11 is 4.52. The van der Waals surface area contributed by atoms with Crippen LogP contribution in [0.15, 0.2) is 54.6 Å². The number of carbonyl (C=O) groups is 1. The molecule has 1 heterocycles. The Balaban J connectivity index is 2.24. The highest BCUT2D eigenvalue weighted by molar-refractivity contribution is 7.78. The summed E-state index contributed by atoms with van der Waals surface area (Å²) < 4.78 is 1.85. The van der Waals surface area contributed by atoms with Crippen LogP contribution in [0.2, 0.25) is 0 Å². The van der Waals surface area contributed by atoms with Gasteiger partial charge in [-0.1, -0.05) is 49.2 Å². The second kappa shape index (κ2) is 4.35. The number of fused-ring (bicyclic) bond motifs is 1. The number of thiol groups is 1. The fourth-order valence-corrected chi connectivity index (χ4v) is 2.47. The third kappa shape index (κ3) is 1.73. The largest absolute Gasteiger partial charge is 0.298 e. The van der Waals surface area contributed by atoms with E-state index in [1.54, 1.807) is 6.07 Å². The lowest BCUT2D eigenvalue weighted by Crippen LogP contribution is -1.87. The number of para-hydroxylation sites is 1. The van der Waals surface area contributed by atoms with Gasteiger partial charge in [-0.2, -0.15) is 0 Å². The van der Waals surface area contributed by atoms with Gasteiger partial charge >= 0.3 is 0 Å². The van der Waals surface area contributed by atoms with Crippen LogP contribution >= 0.6 is 12.8 Å². The molecule has 0 atom stereocenters. The Bertz CT molecular complexity index is 730. The molecule has 0 saturated heterocycles. The Morgan fingerprint density at radius 2 is 1.83 bits per heavy atom. The number of benzene rings is 2. The van der Waals surface area contributed by atoms with Gasteiger partial charge in [0.15, 0.2) is 0 Å². The van der Waals surface area contributed by atoms with Gasteiger partial charge in [-0.25, -0.2) is 0 Å². The molecule has 1 aromatic heterocycles. The lowest BCUT2D eigenvalue weighted by molar-refractivity contribution is 0.112. The normalized spacial score (nSPS) is 10.7. The Kier molecular flexibility index (Phi) is 2.68. The van der Waals surface area contributed by atoms with Gasteiger partial charge in [0.2, 0.25) is 0 Å². The number of hydrogen-bond donors (Lipinski definition) is 1. The maximum atomic E-state index is 10.8. The van der Waals surface area contributed by atoms with Crippen LogP contribution in [0, 0.1) is 0 Å². The minimum Gasteiger partial charge on any atom is -0.298 e. The second-order valence-electron chi connectivity index (χ2n) is 4.14. The summed E-state index contributed by atoms with van der Waals surface area (Å²) in [7, 11) is 0. The van der Waals surface area contributed by atoms with E-state index in [0.717, 1.165) is 28.4 Å². The van der Waals surface area contributed by atoms with Gasteiger partial charge in [-0.05, 0) is 23.8 Å². The molecule has 0 radical (unpaired) electrons. The fourth-order valence-electron chi connectivity index (χ4n) is 2.12. The average Bonchev–Trinajstić information content (AvgIpc) is 2.77. The molecule has 0 unspecified atom stereocenters. The van der Waals surface area contributed by atoms with Crippen LogP contribution < -0.4 is 0 Å². The molecule has 0 fully saturated rings. The topological polar surface area (TPSA) is 22.0 Å². The summed E-state index contributed by atoms with van der Waals surface area (Å²) in [6.45, 7) is 0. The summed E-state index contributed by atoms with van der Waals surface area (Å²) in [6, 6.07) is 17.7. The molecule has 3 rings (SSSR count). The number of hydrogen-bond acceptors (Lipinski definition) is 2. The van der Waals surface area contributed by atoms with E-state index in [1.807, 2.05) is 40.4 Å². The van der Waals surface area contributed by atoms with Crippen LogP contribution in [0.5, 0.6) is 0 Å². The summed E-state index contributed by atoms with van der Waals surface area (Å²) in [5.74, 6) is 0. The van der Waals surface area contributed by atoms with Gasteiger partial charge in [-0.3, -0.25) is 8.77 Å². The molecule has 18 heavy (non-hydrogen) atoms. The van der Waals surface area contributed by atoms with E-state index in [0.29, 0.717) is 5.56 Å². The SMILES string of the molecule is O=Cc1cccc(-c2cc3ccccc3n2S)c1. The predicted octanol–water partition coefficient (Wildman–Crippen LogP) is 3.81. The van der Waals surface area contributed by atoms with Crippen LogP contribution in [0.4, 0.5) is 0 Å². The molecule has 0 spiro atoms. The Morgan fingerprint density at radius 3 is 2.61 bits per heavy atom. The minimum atomic E-state index is 0.672. The van der Waals surface area contributed by atoms with E-state index in [9.17, 15) is 4.79 Å². The van der Waals surface area contributed by atoms with Crippen molar-refractivity contribution in [3.8, 4) is 11.3 Å². The van der Waals surface area contributed by atoms with Crippen LogP contribution in [0.1, 0.15) is 10.4 Å². The molecule has 0 aliphatic rings. The second-order valence-corrected chi connectivity index (χ2v) is 4.54. The van der Waals surface area contributed by atoms with E-state index in [-0.39, 0.29) is 0 Å². The molecule has 0 aliphatic heterocycles. The number of carbonyl (C=O) groups excluding carboxylic acids is 1. The van der Waals surface area contributed by atoms with Crippen molar-refractivity contribution in [3.63, 3.8) is 0 Å². The molecule has 0 amide bonds. The molecule has 0 saturated carbocycles. The number of nitrogens with zero attached hydrogens (tertiary/aromatic N) is 1. The van der Waals surface area contributed by atoms with E-state index in [2.05, 4.69) is 24.9 Å². The van der Waals surface area contributed by atoms with Crippen LogP contribution in [-0.4, -0.2) is 10.3 Å². The van der Waals surface area contributed by atoms with Gasteiger partial charge in [-0.15, -0.1) is 0 Å². The summed E-state index contributed by atoms with van der Waals surface area (Å²) in [5.41, 5.74) is 3.72. The third-order valence-corrected chi connectivity index (χ3v) is 3.43. The molecule has 0 aliphatic carbocycles. The fraction of sp³-hybridized carbons (Fsp3) is 0. The molecule has 3 aromatic rings. The van der Waals surface area contributed by atoms with Crippen molar-refractivity contribution in [3.05, 3.63) is 60.2 Å². The highest BCUT2D eigenvalue weighted by Gasteiger charge is 2.08. The molecule has 3 heteroatoms. The zero-order chi connectivity index (χ0) is 12.5. The maximum absolute atomic E-state index is 10.8. The van der Waals surface area contributed by atoms with Crippen molar-refractivity contribution in [1.82, 2.24) is 3.97 Å². The highest BCUT2D eigenvalue weighted by atomic mass is 32.1. The lowest BCUT2D eigenvalue weighted by atomic mass is 10.1. The Labute approximate surface area is 110 Å². The van der Waals surface area contributed by atoms with Gasteiger partial charge in [0, 0.05) is 10.9 Å². The van der Waals surface area contributed by atoms with Crippen LogP contribution in [0.3, 0.4) is 0 Å². The van der Waals surface area contributed by atoms with Crippen LogP contribution in [-0.2, 0) is 0 Å². The first-order valence-corrected chi connectivity index (χ1v) is 6.05. The monoisotopic (exact) mass is 253 g/mol. The van der Waals surface area contributed by atoms with Gasteiger partial charge in [0.1, 0.15) is 6.29 Å². The third-order valence-electron chi connectivity index (χ3n) is 3.00. The first-order valence-electron chi connectivity index (χ1n) is 5.65. The summed E-state index contributed by atoms with van der Waals surface area (Å²) in [6.07, 6.45) is 0.856. The average molecular weight is 253 g/mol. The number of aldehydes is 1. The van der Waals surface area contributed by atoms with E-state index in [1.165, 1.54) is 0 Å². The van der Waals surface area contributed by atoms with Gasteiger partial charge in [0.25, 0.3) is 0 Å². The van der Waals surface area contributed by atoms with Crippen molar-refractivity contribution in [1.29, 1.82) is 0 Å². The lowest BCUT2D eigenvalue weighted by Gasteiger charge is -2.03. The van der Waals surface area contributed by atoms with Crippen molar-refractivity contribution in [2.45, 2.75) is 0 Å². The predicted molar refractivity (Wildman–Crippen MR) is 77.1 cm³/mol. The molecule has 2 nitrogen and oxygen atoms in total. The summed E-state index contributed by atoms with van der Waals surface area (Å²) in [5, 5.41) is 1.14. The molecule has 0 bridgehead atoms. The molecular weight excluding hydrogens is 242 g/mol. The molecule has 2 aromatic carbocycles. The standard InChI is InChI=1S/C15H11NOS/c17-10-11-4-3-6-12(8-11)15-9-13-5-1-2-7-14(13)16(15)18/h1-10,18H. The zero-order valence-corrected chi connectivity index (χ0v) is 10.5. The highest BCUT2D eigenvalue weighted by Crippen LogP contribution is 2.29. The molecular formula is C15H11NOS. The van der Waals surface area contributed by atoms with Crippen LogP contribution in [0.25, 0.3) is 22.2 Å². The van der Waals surface area contributed by atoms with Crippen molar-refractivity contribution >= 4 is 30.0 Å². The first kappa shape index (κ1) is 11.1. The zero-order valence-electron chi connectivity index (χ0n) is 9.58. The van der Waals surface area contributed by atoms with Gasteiger partial charge < -0.3 is 0 Å². The van der Waals surface area contributed by atoms with Gasteiger partial charge in [0.05, 0.1) is 11.2 Å². The number of rotatable bonds is 2. The Hall–Kier alpha value is -2.00. The van der Waals surface area contributed by atoms with Crippen molar-refractivity contribution < 1.29 is 4.79 Å². The van der Waals surface area contributed by atoms with E-state index >= 15 is 0 Å². The minimum absolute atomic E-state index is 0.672. The smallest absolute Gasteiger partial charge is 0.150 e. The summed E-state index contributed by atoms with van der Waals surface area (Å²) in [4.78, 5) is 10.8.